The van der Waals surface area contributed by atoms with Crippen LogP contribution in [0.15, 0.2) is 24.3 Å². The summed E-state index contributed by atoms with van der Waals surface area (Å²) in [5.74, 6) is 0.655. The van der Waals surface area contributed by atoms with Gasteiger partial charge in [0.25, 0.3) is 0 Å². The molecule has 2 aromatic carbocycles. The van der Waals surface area contributed by atoms with E-state index in [-0.39, 0.29) is 0 Å². The van der Waals surface area contributed by atoms with Crippen molar-refractivity contribution in [3.63, 3.8) is 0 Å². The van der Waals surface area contributed by atoms with E-state index in [9.17, 15) is 10.2 Å². The first-order chi connectivity index (χ1) is 11.5. The van der Waals surface area contributed by atoms with Gasteiger partial charge in [-0.15, -0.1) is 0 Å². The highest BCUT2D eigenvalue weighted by molar-refractivity contribution is 5.92. The molecule has 0 heterocycles. The molecule has 2 rings (SSSR count). The molecular formula is C20H30N2O2. The molecular weight excluding hydrogens is 300 g/mol. The maximum absolute atomic E-state index is 10.4. The predicted octanol–water partition coefficient (Wildman–Crippen LogP) is 3.93. The second kappa shape index (κ2) is 8.36. The van der Waals surface area contributed by atoms with Crippen LogP contribution in [0.2, 0.25) is 0 Å². The molecule has 0 saturated carbocycles. The van der Waals surface area contributed by atoms with Crippen LogP contribution in [0, 0.1) is 0 Å². The first-order valence-electron chi connectivity index (χ1n) is 8.95. The number of phenolic OH excluding ortho intramolecular Hbond substituents is 2. The molecule has 132 valence electrons. The minimum atomic E-state index is 0.328. The van der Waals surface area contributed by atoms with Gasteiger partial charge in [0.2, 0.25) is 0 Å². The Morgan fingerprint density at radius 3 is 1.25 bits per heavy atom. The lowest BCUT2D eigenvalue weighted by atomic mass is 9.97. The smallest absolute Gasteiger partial charge is 0.120 e. The Bertz CT molecular complexity index is 618. The number of fused-ring (bicyclic) bond motifs is 1. The standard InChI is InChI=1S/C20H30N2O2/c1-5-21(6-2)13-17-15-9-12-20(24)18(14-22(7-3)8-4)16(15)10-11-19(17)23/h9-12,23-24H,5-8,13-14H2,1-4H3. The van der Waals surface area contributed by atoms with E-state index < -0.39 is 0 Å². The van der Waals surface area contributed by atoms with Gasteiger partial charge in [0, 0.05) is 24.2 Å². The molecule has 4 nitrogen and oxygen atoms in total. The quantitative estimate of drug-likeness (QED) is 0.770. The fraction of sp³-hybridized carbons (Fsp3) is 0.500. The number of hydrogen-bond acceptors (Lipinski definition) is 4. The van der Waals surface area contributed by atoms with Crippen molar-refractivity contribution < 1.29 is 10.2 Å². The Morgan fingerprint density at radius 1 is 0.625 bits per heavy atom. The fourth-order valence-electron chi connectivity index (χ4n) is 3.18. The van der Waals surface area contributed by atoms with E-state index in [2.05, 4.69) is 37.5 Å². The summed E-state index contributed by atoms with van der Waals surface area (Å²) >= 11 is 0. The van der Waals surface area contributed by atoms with Gasteiger partial charge in [-0.2, -0.15) is 0 Å². The highest BCUT2D eigenvalue weighted by Crippen LogP contribution is 2.34. The van der Waals surface area contributed by atoms with Crippen molar-refractivity contribution in [2.24, 2.45) is 0 Å². The number of aromatic hydroxyl groups is 2. The van der Waals surface area contributed by atoms with Crippen molar-refractivity contribution in [2.75, 3.05) is 26.2 Å². The van der Waals surface area contributed by atoms with Crippen molar-refractivity contribution in [2.45, 2.75) is 40.8 Å². The van der Waals surface area contributed by atoms with Crippen LogP contribution in [0.1, 0.15) is 38.8 Å². The van der Waals surface area contributed by atoms with Gasteiger partial charge in [-0.1, -0.05) is 39.8 Å². The van der Waals surface area contributed by atoms with Gasteiger partial charge in [-0.25, -0.2) is 0 Å². The summed E-state index contributed by atoms with van der Waals surface area (Å²) < 4.78 is 0. The number of rotatable bonds is 8. The van der Waals surface area contributed by atoms with Gasteiger partial charge in [-0.3, -0.25) is 9.80 Å². The third kappa shape index (κ3) is 3.82. The van der Waals surface area contributed by atoms with Crippen LogP contribution in [0.25, 0.3) is 10.8 Å². The maximum Gasteiger partial charge on any atom is 0.120 e. The van der Waals surface area contributed by atoms with E-state index in [1.54, 1.807) is 12.1 Å². The van der Waals surface area contributed by atoms with E-state index in [4.69, 9.17) is 0 Å². The average molecular weight is 330 g/mol. The third-order valence-electron chi connectivity index (χ3n) is 4.93. The molecule has 4 heteroatoms. The summed E-state index contributed by atoms with van der Waals surface area (Å²) in [6.07, 6.45) is 0. The largest absolute Gasteiger partial charge is 0.508 e. The van der Waals surface area contributed by atoms with Gasteiger partial charge in [0.05, 0.1) is 0 Å². The van der Waals surface area contributed by atoms with E-state index in [1.165, 1.54) is 0 Å². The van der Waals surface area contributed by atoms with Gasteiger partial charge in [-0.05, 0) is 49.1 Å². The molecule has 0 aliphatic carbocycles. The van der Waals surface area contributed by atoms with Crippen LogP contribution >= 0.6 is 0 Å². The zero-order valence-corrected chi connectivity index (χ0v) is 15.3. The molecule has 0 radical (unpaired) electrons. The van der Waals surface area contributed by atoms with Crippen LogP contribution in [-0.2, 0) is 13.1 Å². The molecule has 0 amide bonds. The van der Waals surface area contributed by atoms with Crippen LogP contribution < -0.4 is 0 Å². The molecule has 0 saturated heterocycles. The van der Waals surface area contributed by atoms with Crippen LogP contribution in [0.3, 0.4) is 0 Å². The Kier molecular flexibility index (Phi) is 6.46. The van der Waals surface area contributed by atoms with Gasteiger partial charge in [0.15, 0.2) is 0 Å². The van der Waals surface area contributed by atoms with Crippen molar-refractivity contribution in [3.05, 3.63) is 35.4 Å². The zero-order chi connectivity index (χ0) is 17.7. The molecule has 0 bridgehead atoms. The Balaban J connectivity index is 2.55. The summed E-state index contributed by atoms with van der Waals surface area (Å²) in [7, 11) is 0. The number of phenols is 2. The number of nitrogens with zero attached hydrogens (tertiary/aromatic N) is 2. The summed E-state index contributed by atoms with van der Waals surface area (Å²) in [6, 6.07) is 7.36. The zero-order valence-electron chi connectivity index (χ0n) is 15.3. The molecule has 0 atom stereocenters. The SMILES string of the molecule is CCN(CC)Cc1c(O)ccc2c(CN(CC)CC)c(O)ccc12. The Labute approximate surface area is 145 Å². The molecule has 0 aliphatic heterocycles. The normalized spacial score (nSPS) is 11.8. The summed E-state index contributed by atoms with van der Waals surface area (Å²) in [4.78, 5) is 4.57. The molecule has 2 aromatic rings. The lowest BCUT2D eigenvalue weighted by Gasteiger charge is -2.23. The van der Waals surface area contributed by atoms with Crippen molar-refractivity contribution in [3.8, 4) is 11.5 Å². The molecule has 0 unspecified atom stereocenters. The highest BCUT2D eigenvalue weighted by atomic mass is 16.3. The second-order valence-corrected chi connectivity index (χ2v) is 6.14. The Morgan fingerprint density at radius 2 is 0.958 bits per heavy atom. The minimum absolute atomic E-state index is 0.328. The van der Waals surface area contributed by atoms with Crippen LogP contribution in [0.5, 0.6) is 11.5 Å². The molecule has 0 aromatic heterocycles. The topological polar surface area (TPSA) is 46.9 Å². The lowest BCUT2D eigenvalue weighted by Crippen LogP contribution is -2.23. The molecule has 2 N–H and O–H groups in total. The third-order valence-corrected chi connectivity index (χ3v) is 4.93. The van der Waals surface area contributed by atoms with Crippen LogP contribution in [0.4, 0.5) is 0 Å². The lowest BCUT2D eigenvalue weighted by molar-refractivity contribution is 0.291. The summed E-state index contributed by atoms with van der Waals surface area (Å²) in [5, 5.41) is 22.8. The maximum atomic E-state index is 10.4. The average Bonchev–Trinajstić information content (AvgIpc) is 2.60. The first kappa shape index (κ1) is 18.6. The molecule has 24 heavy (non-hydrogen) atoms. The highest BCUT2D eigenvalue weighted by Gasteiger charge is 2.16. The van der Waals surface area contributed by atoms with E-state index in [1.807, 2.05) is 12.1 Å². The molecule has 0 aliphatic rings. The fourth-order valence-corrected chi connectivity index (χ4v) is 3.18. The van der Waals surface area contributed by atoms with Gasteiger partial charge in [0.1, 0.15) is 11.5 Å². The Hall–Kier alpha value is -1.78. The van der Waals surface area contributed by atoms with Gasteiger partial charge < -0.3 is 10.2 Å². The van der Waals surface area contributed by atoms with Crippen LogP contribution in [-0.4, -0.2) is 46.2 Å². The number of benzene rings is 2. The summed E-state index contributed by atoms with van der Waals surface area (Å²) in [6.45, 7) is 13.7. The predicted molar refractivity (Wildman–Crippen MR) is 101 cm³/mol. The first-order valence-corrected chi connectivity index (χ1v) is 8.95. The van der Waals surface area contributed by atoms with Crippen molar-refractivity contribution >= 4 is 10.8 Å². The second-order valence-electron chi connectivity index (χ2n) is 6.14. The molecule has 0 spiro atoms. The van der Waals surface area contributed by atoms with Gasteiger partial charge >= 0.3 is 0 Å². The number of hydrogen-bond donors (Lipinski definition) is 2. The summed E-state index contributed by atoms with van der Waals surface area (Å²) in [5.41, 5.74) is 1.88. The van der Waals surface area contributed by atoms with E-state index in [0.717, 1.165) is 48.1 Å². The molecule has 0 fully saturated rings. The van der Waals surface area contributed by atoms with Crippen molar-refractivity contribution in [1.82, 2.24) is 9.80 Å². The minimum Gasteiger partial charge on any atom is -0.508 e. The van der Waals surface area contributed by atoms with E-state index in [0.29, 0.717) is 24.6 Å². The van der Waals surface area contributed by atoms with E-state index >= 15 is 0 Å². The monoisotopic (exact) mass is 330 g/mol. The van der Waals surface area contributed by atoms with Crippen molar-refractivity contribution in [1.29, 1.82) is 0 Å².